The molecule has 0 aliphatic heterocycles. The summed E-state index contributed by atoms with van der Waals surface area (Å²) < 4.78 is 16.6. The van der Waals surface area contributed by atoms with Crippen molar-refractivity contribution in [2.24, 2.45) is 0 Å². The molecule has 0 unspecified atom stereocenters. The van der Waals surface area contributed by atoms with Crippen molar-refractivity contribution in [2.75, 3.05) is 0 Å². The standard InChI is InChI=1S/3C13H9NO2.Al/c3*15-11-7-3-1-5-9(11)13-14-10-6-2-4-8-12(10)16-13;/h3*1-8,15H;/q;;;+3/p-3. The van der Waals surface area contributed by atoms with Gasteiger partial charge in [0.05, 0.1) is 0 Å². The first-order valence-corrected chi connectivity index (χ1v) is 14.9. The topological polar surface area (TPSA) is 147 Å². The summed E-state index contributed by atoms with van der Waals surface area (Å²) in [5, 5.41) is 34.8. The number of fused-ring (bicyclic) bond motifs is 3. The van der Waals surface area contributed by atoms with E-state index in [0.717, 1.165) is 16.6 Å². The molecule has 3 aromatic heterocycles. The summed E-state index contributed by atoms with van der Waals surface area (Å²) in [5.74, 6) is 0.919. The van der Waals surface area contributed by atoms with Crippen LogP contribution in [0.15, 0.2) is 159 Å². The molecule has 9 rings (SSSR count). The summed E-state index contributed by atoms with van der Waals surface area (Å²) in [5.41, 5.74) is 5.88. The van der Waals surface area contributed by atoms with Crippen molar-refractivity contribution >= 4 is 50.7 Å². The maximum atomic E-state index is 11.6. The summed E-state index contributed by atoms with van der Waals surface area (Å²) in [6.07, 6.45) is 0. The van der Waals surface area contributed by atoms with Gasteiger partial charge in [-0.15, -0.1) is 0 Å². The van der Waals surface area contributed by atoms with E-state index in [2.05, 4.69) is 15.0 Å². The Morgan fingerprint density at radius 2 is 0.571 bits per heavy atom. The van der Waals surface area contributed by atoms with Crippen LogP contribution in [0.25, 0.3) is 67.7 Å². The van der Waals surface area contributed by atoms with E-state index in [9.17, 15) is 15.3 Å². The van der Waals surface area contributed by atoms with Crippen molar-refractivity contribution < 1.29 is 28.6 Å². The van der Waals surface area contributed by atoms with E-state index < -0.39 is 0 Å². The van der Waals surface area contributed by atoms with Crippen molar-refractivity contribution in [2.45, 2.75) is 0 Å². The Labute approximate surface area is 290 Å². The average Bonchev–Trinajstić information content (AvgIpc) is 3.86. The monoisotopic (exact) mass is 657 g/mol. The second kappa shape index (κ2) is 14.6. The van der Waals surface area contributed by atoms with Gasteiger partial charge in [-0.05, 0) is 36.4 Å². The summed E-state index contributed by atoms with van der Waals surface area (Å²) in [7, 11) is 0. The molecule has 0 fully saturated rings. The number of benzene rings is 6. The van der Waals surface area contributed by atoms with E-state index in [4.69, 9.17) is 13.3 Å². The third-order valence-electron chi connectivity index (χ3n) is 7.23. The first kappa shape index (κ1) is 32.6. The van der Waals surface area contributed by atoms with E-state index in [1.807, 2.05) is 72.8 Å². The van der Waals surface area contributed by atoms with Gasteiger partial charge in [0.1, 0.15) is 16.6 Å². The van der Waals surface area contributed by atoms with Gasteiger partial charge in [-0.2, -0.15) is 0 Å². The average molecular weight is 658 g/mol. The molecule has 0 radical (unpaired) electrons. The predicted octanol–water partition coefficient (Wildman–Crippen LogP) is 7.32. The second-order valence-corrected chi connectivity index (χ2v) is 10.4. The smallest absolute Gasteiger partial charge is 0.872 e. The second-order valence-electron chi connectivity index (χ2n) is 10.4. The van der Waals surface area contributed by atoms with Crippen molar-refractivity contribution in [1.29, 1.82) is 0 Å². The summed E-state index contributed by atoms with van der Waals surface area (Å²) in [4.78, 5) is 12.8. The largest absolute Gasteiger partial charge is 3.00 e. The van der Waals surface area contributed by atoms with Crippen LogP contribution in [-0.2, 0) is 0 Å². The Hall–Kier alpha value is -6.34. The molecule has 0 aliphatic carbocycles. The zero-order valence-corrected chi connectivity index (χ0v) is 26.9. The number of rotatable bonds is 3. The van der Waals surface area contributed by atoms with Crippen molar-refractivity contribution in [3.8, 4) is 51.6 Å². The Kier molecular flexibility index (Phi) is 9.72. The molecule has 0 atom stereocenters. The molecule has 0 saturated heterocycles. The van der Waals surface area contributed by atoms with Gasteiger partial charge in [0.15, 0.2) is 16.7 Å². The number of nitrogens with zero attached hydrogens (tertiary/aromatic N) is 3. The molecule has 9 aromatic rings. The summed E-state index contributed by atoms with van der Waals surface area (Å²) in [6.45, 7) is 0. The SMILES string of the molecule is [Al+3].[O-]c1ccccc1-c1nc2ccccc2o1.[O-]c1ccccc1-c1nc2ccccc2o1.[O-]c1ccccc1-c1nc2ccccc2o1. The quantitative estimate of drug-likeness (QED) is 0.178. The van der Waals surface area contributed by atoms with Crippen molar-refractivity contribution in [3.05, 3.63) is 146 Å². The first-order valence-electron chi connectivity index (χ1n) is 14.9. The molecular weight excluding hydrogens is 633 g/mol. The molecule has 49 heavy (non-hydrogen) atoms. The zero-order valence-electron chi connectivity index (χ0n) is 25.7. The molecule has 234 valence electrons. The van der Waals surface area contributed by atoms with E-state index in [0.29, 0.717) is 51.1 Å². The van der Waals surface area contributed by atoms with Gasteiger partial charge in [-0.3, -0.25) is 0 Å². The fraction of sp³-hybridized carbons (Fsp3) is 0. The van der Waals surface area contributed by atoms with Crippen LogP contribution in [-0.4, -0.2) is 32.3 Å². The molecule has 0 saturated carbocycles. The van der Waals surface area contributed by atoms with Gasteiger partial charge in [-0.1, -0.05) is 126 Å². The van der Waals surface area contributed by atoms with Crippen LogP contribution < -0.4 is 15.3 Å². The van der Waals surface area contributed by atoms with Crippen LogP contribution >= 0.6 is 0 Å². The minimum absolute atomic E-state index is 0. The maximum absolute atomic E-state index is 11.6. The third-order valence-corrected chi connectivity index (χ3v) is 7.23. The van der Waals surface area contributed by atoms with Crippen LogP contribution in [0.5, 0.6) is 17.2 Å². The van der Waals surface area contributed by atoms with Crippen molar-refractivity contribution in [1.82, 2.24) is 15.0 Å². The summed E-state index contributed by atoms with van der Waals surface area (Å²) >= 11 is 0. The Bertz CT molecular complexity index is 2110. The van der Waals surface area contributed by atoms with E-state index in [-0.39, 0.29) is 34.6 Å². The fourth-order valence-electron chi connectivity index (χ4n) is 4.89. The molecule has 0 bridgehead atoms. The van der Waals surface area contributed by atoms with E-state index in [1.165, 1.54) is 18.2 Å². The molecular formula is C39H24AlN3O6. The van der Waals surface area contributed by atoms with Crippen molar-refractivity contribution in [3.63, 3.8) is 0 Å². The van der Waals surface area contributed by atoms with Gasteiger partial charge in [0, 0.05) is 16.7 Å². The van der Waals surface area contributed by atoms with Gasteiger partial charge >= 0.3 is 17.4 Å². The van der Waals surface area contributed by atoms with Gasteiger partial charge in [-0.25, -0.2) is 15.0 Å². The Morgan fingerprint density at radius 3 is 0.837 bits per heavy atom. The first-order chi connectivity index (χ1) is 23.5. The number of aromatic nitrogens is 3. The van der Waals surface area contributed by atoms with Crippen LogP contribution in [0.2, 0.25) is 0 Å². The fourth-order valence-corrected chi connectivity index (χ4v) is 4.89. The van der Waals surface area contributed by atoms with Gasteiger partial charge in [0.25, 0.3) is 0 Å². The molecule has 10 heteroatoms. The molecule has 3 heterocycles. The Balaban J connectivity index is 0.000000126. The minimum Gasteiger partial charge on any atom is -0.872 e. The third kappa shape index (κ3) is 7.16. The normalized spacial score (nSPS) is 10.5. The number of oxazole rings is 3. The molecule has 6 aromatic carbocycles. The zero-order chi connectivity index (χ0) is 32.9. The van der Waals surface area contributed by atoms with Crippen LogP contribution in [0.1, 0.15) is 0 Å². The predicted molar refractivity (Wildman–Crippen MR) is 182 cm³/mol. The summed E-state index contributed by atoms with van der Waals surface area (Å²) in [6, 6.07) is 42.5. The van der Waals surface area contributed by atoms with E-state index in [1.54, 1.807) is 54.6 Å². The molecule has 0 amide bonds. The number of hydrogen-bond donors (Lipinski definition) is 0. The van der Waals surface area contributed by atoms with Crippen LogP contribution in [0, 0.1) is 0 Å². The molecule has 0 aliphatic rings. The molecule has 0 spiro atoms. The minimum atomic E-state index is -0.0749. The van der Waals surface area contributed by atoms with Gasteiger partial charge < -0.3 is 28.6 Å². The maximum Gasteiger partial charge on any atom is 3.00 e. The Morgan fingerprint density at radius 1 is 0.327 bits per heavy atom. The number of hydrogen-bond acceptors (Lipinski definition) is 9. The number of para-hydroxylation sites is 9. The van der Waals surface area contributed by atoms with Crippen LogP contribution in [0.4, 0.5) is 0 Å². The van der Waals surface area contributed by atoms with E-state index >= 15 is 0 Å². The molecule has 9 nitrogen and oxygen atoms in total. The van der Waals surface area contributed by atoms with Crippen LogP contribution in [0.3, 0.4) is 0 Å². The molecule has 0 N–H and O–H groups in total. The van der Waals surface area contributed by atoms with Gasteiger partial charge in [0.2, 0.25) is 17.7 Å².